The number of benzene rings is 2. The second-order valence-electron chi connectivity index (χ2n) is 6.00. The van der Waals surface area contributed by atoms with Crippen LogP contribution in [-0.2, 0) is 13.0 Å². The van der Waals surface area contributed by atoms with Crippen LogP contribution in [-0.4, -0.2) is 12.6 Å². The molecule has 0 saturated carbocycles. The van der Waals surface area contributed by atoms with E-state index in [4.69, 9.17) is 10.5 Å². The molecule has 0 heterocycles. The molecule has 0 aliphatic heterocycles. The second kappa shape index (κ2) is 8.53. The van der Waals surface area contributed by atoms with Gasteiger partial charge in [0.1, 0.15) is 18.2 Å². The van der Waals surface area contributed by atoms with Crippen LogP contribution in [0.5, 0.6) is 5.75 Å². The Morgan fingerprint density at radius 2 is 1.96 bits per heavy atom. The van der Waals surface area contributed by atoms with Crippen LogP contribution in [0.1, 0.15) is 31.4 Å². The van der Waals surface area contributed by atoms with E-state index in [1.807, 2.05) is 24.3 Å². The molecule has 3 nitrogen and oxygen atoms in total. The number of aryl methyl sites for hydroxylation is 1. The van der Waals surface area contributed by atoms with Crippen LogP contribution in [0.2, 0.25) is 0 Å². The van der Waals surface area contributed by atoms with Crippen molar-refractivity contribution in [2.45, 2.75) is 39.3 Å². The summed E-state index contributed by atoms with van der Waals surface area (Å²) in [7, 11) is 0. The Kier molecular flexibility index (Phi) is 6.41. The first-order valence-electron chi connectivity index (χ1n) is 8.03. The van der Waals surface area contributed by atoms with Gasteiger partial charge in [-0.3, -0.25) is 0 Å². The van der Waals surface area contributed by atoms with E-state index in [0.29, 0.717) is 24.1 Å². The fraction of sp³-hybridized carbons (Fsp3) is 0.368. The van der Waals surface area contributed by atoms with Gasteiger partial charge in [0.05, 0.1) is 5.69 Å². The van der Waals surface area contributed by atoms with Crippen molar-refractivity contribution in [2.24, 2.45) is 0 Å². The van der Waals surface area contributed by atoms with Gasteiger partial charge in [-0.05, 0) is 54.8 Å². The van der Waals surface area contributed by atoms with Gasteiger partial charge in [-0.1, -0.05) is 32.0 Å². The van der Waals surface area contributed by atoms with Gasteiger partial charge >= 0.3 is 0 Å². The standard InChI is InChI=1S/C19H25FN2O/c1-14(2)22-10-4-6-15-8-9-19(18(21)12-15)23-13-16-5-3-7-17(20)11-16/h3,5,7-9,11-12,14,22H,4,6,10,13,21H2,1-2H3. The Morgan fingerprint density at radius 1 is 1.13 bits per heavy atom. The van der Waals surface area contributed by atoms with Crippen molar-refractivity contribution in [1.82, 2.24) is 5.32 Å². The van der Waals surface area contributed by atoms with Crippen LogP contribution in [0.15, 0.2) is 42.5 Å². The summed E-state index contributed by atoms with van der Waals surface area (Å²) < 4.78 is 18.8. The number of rotatable bonds is 8. The average Bonchev–Trinajstić information content (AvgIpc) is 2.50. The van der Waals surface area contributed by atoms with E-state index in [9.17, 15) is 4.39 Å². The van der Waals surface area contributed by atoms with E-state index in [2.05, 4.69) is 19.2 Å². The van der Waals surface area contributed by atoms with Gasteiger partial charge in [-0.25, -0.2) is 4.39 Å². The highest BCUT2D eigenvalue weighted by molar-refractivity contribution is 5.54. The predicted octanol–water partition coefficient (Wildman–Crippen LogP) is 3.92. The number of hydrogen-bond acceptors (Lipinski definition) is 3. The van der Waals surface area contributed by atoms with Crippen molar-refractivity contribution in [3.63, 3.8) is 0 Å². The quantitative estimate of drug-likeness (QED) is 0.573. The molecule has 0 aromatic heterocycles. The third-order valence-corrected chi connectivity index (χ3v) is 3.55. The maximum Gasteiger partial charge on any atom is 0.142 e. The zero-order chi connectivity index (χ0) is 16.7. The molecule has 0 spiro atoms. The van der Waals surface area contributed by atoms with Crippen molar-refractivity contribution in [1.29, 1.82) is 0 Å². The van der Waals surface area contributed by atoms with Gasteiger partial charge in [0, 0.05) is 6.04 Å². The molecule has 4 heteroatoms. The summed E-state index contributed by atoms with van der Waals surface area (Å²) in [5.74, 6) is 0.378. The van der Waals surface area contributed by atoms with Crippen molar-refractivity contribution in [3.05, 3.63) is 59.4 Å². The van der Waals surface area contributed by atoms with Gasteiger partial charge < -0.3 is 15.8 Å². The van der Waals surface area contributed by atoms with Crippen molar-refractivity contribution < 1.29 is 9.13 Å². The van der Waals surface area contributed by atoms with Gasteiger partial charge in [-0.2, -0.15) is 0 Å². The van der Waals surface area contributed by atoms with E-state index >= 15 is 0 Å². The van der Waals surface area contributed by atoms with Crippen LogP contribution in [0.3, 0.4) is 0 Å². The molecule has 0 aliphatic carbocycles. The third-order valence-electron chi connectivity index (χ3n) is 3.55. The van der Waals surface area contributed by atoms with E-state index in [-0.39, 0.29) is 5.82 Å². The van der Waals surface area contributed by atoms with Crippen LogP contribution in [0.25, 0.3) is 0 Å². The van der Waals surface area contributed by atoms with Gasteiger partial charge in [0.15, 0.2) is 0 Å². The van der Waals surface area contributed by atoms with Crippen molar-refractivity contribution in [2.75, 3.05) is 12.3 Å². The molecule has 2 rings (SSSR count). The van der Waals surface area contributed by atoms with E-state index in [1.165, 1.54) is 17.7 Å². The lowest BCUT2D eigenvalue weighted by Gasteiger charge is -2.11. The highest BCUT2D eigenvalue weighted by Gasteiger charge is 2.04. The summed E-state index contributed by atoms with van der Waals surface area (Å²) in [6.07, 6.45) is 2.05. The Hall–Kier alpha value is -2.07. The summed E-state index contributed by atoms with van der Waals surface area (Å²) in [5.41, 5.74) is 8.66. The molecule has 0 radical (unpaired) electrons. The molecular formula is C19H25FN2O. The van der Waals surface area contributed by atoms with Crippen molar-refractivity contribution >= 4 is 5.69 Å². The minimum absolute atomic E-state index is 0.260. The number of hydrogen-bond donors (Lipinski definition) is 2. The first kappa shape index (κ1) is 17.3. The molecule has 2 aromatic carbocycles. The fourth-order valence-electron chi connectivity index (χ4n) is 2.36. The smallest absolute Gasteiger partial charge is 0.142 e. The molecule has 0 atom stereocenters. The number of ether oxygens (including phenoxy) is 1. The first-order valence-corrected chi connectivity index (χ1v) is 8.03. The summed E-state index contributed by atoms with van der Waals surface area (Å²) in [4.78, 5) is 0. The van der Waals surface area contributed by atoms with Gasteiger partial charge in [0.2, 0.25) is 0 Å². The van der Waals surface area contributed by atoms with Crippen LogP contribution in [0.4, 0.5) is 10.1 Å². The Balaban J connectivity index is 1.86. The van der Waals surface area contributed by atoms with Gasteiger partial charge in [-0.15, -0.1) is 0 Å². The van der Waals surface area contributed by atoms with Crippen LogP contribution < -0.4 is 15.8 Å². The second-order valence-corrected chi connectivity index (χ2v) is 6.00. The number of anilines is 1. The number of halogens is 1. The lowest BCUT2D eigenvalue weighted by molar-refractivity contribution is 0.307. The minimum atomic E-state index is -0.260. The highest BCUT2D eigenvalue weighted by Crippen LogP contribution is 2.24. The predicted molar refractivity (Wildman–Crippen MR) is 93.0 cm³/mol. The lowest BCUT2D eigenvalue weighted by Crippen LogP contribution is -2.23. The largest absolute Gasteiger partial charge is 0.487 e. The molecular weight excluding hydrogens is 291 g/mol. The third kappa shape index (κ3) is 5.91. The summed E-state index contributed by atoms with van der Waals surface area (Å²) >= 11 is 0. The molecule has 2 aromatic rings. The van der Waals surface area contributed by atoms with E-state index in [1.54, 1.807) is 6.07 Å². The Labute approximate surface area is 137 Å². The maximum absolute atomic E-state index is 13.1. The Bertz CT molecular complexity index is 629. The van der Waals surface area contributed by atoms with E-state index < -0.39 is 0 Å². The molecule has 0 saturated heterocycles. The summed E-state index contributed by atoms with van der Waals surface area (Å²) in [6.45, 7) is 5.58. The molecule has 0 fully saturated rings. The zero-order valence-corrected chi connectivity index (χ0v) is 13.8. The normalized spacial score (nSPS) is 11.0. The average molecular weight is 316 g/mol. The molecule has 124 valence electrons. The number of nitrogen functional groups attached to an aromatic ring is 1. The summed E-state index contributed by atoms with van der Waals surface area (Å²) in [5, 5.41) is 3.40. The molecule has 0 bridgehead atoms. The topological polar surface area (TPSA) is 47.3 Å². The lowest BCUT2D eigenvalue weighted by atomic mass is 10.1. The van der Waals surface area contributed by atoms with Crippen molar-refractivity contribution in [3.8, 4) is 5.75 Å². The Morgan fingerprint density at radius 3 is 2.65 bits per heavy atom. The summed E-state index contributed by atoms with van der Waals surface area (Å²) in [6, 6.07) is 12.8. The highest BCUT2D eigenvalue weighted by atomic mass is 19.1. The molecule has 0 amide bonds. The van der Waals surface area contributed by atoms with Crippen LogP contribution >= 0.6 is 0 Å². The number of nitrogens with one attached hydrogen (secondary N) is 1. The zero-order valence-electron chi connectivity index (χ0n) is 13.8. The maximum atomic E-state index is 13.1. The molecule has 0 aliphatic rings. The SMILES string of the molecule is CC(C)NCCCc1ccc(OCc2cccc(F)c2)c(N)c1. The molecule has 23 heavy (non-hydrogen) atoms. The fourth-order valence-corrected chi connectivity index (χ4v) is 2.36. The van der Waals surface area contributed by atoms with Crippen LogP contribution in [0, 0.1) is 5.82 Å². The monoisotopic (exact) mass is 316 g/mol. The molecule has 0 unspecified atom stereocenters. The number of nitrogens with two attached hydrogens (primary N) is 1. The van der Waals surface area contributed by atoms with Gasteiger partial charge in [0.25, 0.3) is 0 Å². The van der Waals surface area contributed by atoms with E-state index in [0.717, 1.165) is 24.9 Å². The minimum Gasteiger partial charge on any atom is -0.487 e. The molecule has 3 N–H and O–H groups in total. The first-order chi connectivity index (χ1) is 11.0.